The van der Waals surface area contributed by atoms with Crippen LogP contribution in [0.1, 0.15) is 49.1 Å². The number of ether oxygens (including phenoxy) is 1. The van der Waals surface area contributed by atoms with E-state index >= 15 is 0 Å². The number of para-hydroxylation sites is 1. The zero-order valence-corrected chi connectivity index (χ0v) is 14.4. The molecule has 1 heterocycles. The standard InChI is InChI=1S/C18H25NOS/c1-6-19-17(13-9-7-8-10-14(13)20-5)15-11-12-16(21-15)18(2,3)4/h7-12,17,19H,6H2,1-5H3. The molecule has 1 aromatic heterocycles. The summed E-state index contributed by atoms with van der Waals surface area (Å²) in [6.07, 6.45) is 0. The third-order valence-electron chi connectivity index (χ3n) is 3.51. The van der Waals surface area contributed by atoms with E-state index in [1.54, 1.807) is 7.11 Å². The Labute approximate surface area is 132 Å². The summed E-state index contributed by atoms with van der Waals surface area (Å²) in [5.41, 5.74) is 1.39. The van der Waals surface area contributed by atoms with Gasteiger partial charge in [-0.05, 0) is 30.2 Å². The smallest absolute Gasteiger partial charge is 0.124 e. The minimum atomic E-state index is 0.187. The Morgan fingerprint density at radius 3 is 2.43 bits per heavy atom. The molecule has 0 spiro atoms. The van der Waals surface area contributed by atoms with Crippen LogP contribution in [-0.4, -0.2) is 13.7 Å². The molecule has 0 aliphatic carbocycles. The third kappa shape index (κ3) is 3.66. The second-order valence-electron chi connectivity index (χ2n) is 6.18. The molecule has 0 aliphatic heterocycles. The van der Waals surface area contributed by atoms with Gasteiger partial charge in [-0.25, -0.2) is 0 Å². The van der Waals surface area contributed by atoms with Crippen molar-refractivity contribution in [2.75, 3.05) is 13.7 Å². The molecule has 1 N–H and O–H groups in total. The van der Waals surface area contributed by atoms with Gasteiger partial charge < -0.3 is 10.1 Å². The van der Waals surface area contributed by atoms with E-state index in [4.69, 9.17) is 4.74 Å². The zero-order valence-electron chi connectivity index (χ0n) is 13.6. The van der Waals surface area contributed by atoms with Crippen molar-refractivity contribution in [3.63, 3.8) is 0 Å². The first-order chi connectivity index (χ1) is 9.97. The molecule has 0 radical (unpaired) electrons. The summed E-state index contributed by atoms with van der Waals surface area (Å²) in [6.45, 7) is 9.84. The minimum Gasteiger partial charge on any atom is -0.496 e. The van der Waals surface area contributed by atoms with Gasteiger partial charge in [-0.3, -0.25) is 0 Å². The fourth-order valence-electron chi connectivity index (χ4n) is 2.38. The van der Waals surface area contributed by atoms with Gasteiger partial charge in [0.05, 0.1) is 13.2 Å². The molecule has 1 atom stereocenters. The lowest BCUT2D eigenvalue weighted by molar-refractivity contribution is 0.404. The Morgan fingerprint density at radius 2 is 1.86 bits per heavy atom. The maximum Gasteiger partial charge on any atom is 0.124 e. The average Bonchev–Trinajstić information content (AvgIpc) is 2.94. The fraction of sp³-hybridized carbons (Fsp3) is 0.444. The highest BCUT2D eigenvalue weighted by Gasteiger charge is 2.22. The first-order valence-electron chi connectivity index (χ1n) is 7.44. The summed E-state index contributed by atoms with van der Waals surface area (Å²) in [4.78, 5) is 2.75. The van der Waals surface area contributed by atoms with E-state index in [2.05, 4.69) is 57.3 Å². The summed E-state index contributed by atoms with van der Waals surface area (Å²) < 4.78 is 5.53. The first-order valence-corrected chi connectivity index (χ1v) is 8.25. The van der Waals surface area contributed by atoms with E-state index in [0.29, 0.717) is 0 Å². The van der Waals surface area contributed by atoms with Crippen LogP contribution < -0.4 is 10.1 Å². The Hall–Kier alpha value is -1.32. The molecule has 0 bridgehead atoms. The van der Waals surface area contributed by atoms with E-state index in [9.17, 15) is 0 Å². The van der Waals surface area contributed by atoms with Gasteiger partial charge in [0.15, 0.2) is 0 Å². The number of methoxy groups -OCH3 is 1. The number of benzene rings is 1. The van der Waals surface area contributed by atoms with Crippen LogP contribution in [0.15, 0.2) is 36.4 Å². The Morgan fingerprint density at radius 1 is 1.14 bits per heavy atom. The maximum atomic E-state index is 5.53. The van der Waals surface area contributed by atoms with Gasteiger partial charge in [-0.15, -0.1) is 11.3 Å². The van der Waals surface area contributed by atoms with Gasteiger partial charge in [0.1, 0.15) is 5.75 Å². The van der Waals surface area contributed by atoms with Gasteiger partial charge in [-0.2, -0.15) is 0 Å². The van der Waals surface area contributed by atoms with Crippen molar-refractivity contribution >= 4 is 11.3 Å². The summed E-state index contributed by atoms with van der Waals surface area (Å²) in [6, 6.07) is 12.9. The quantitative estimate of drug-likeness (QED) is 0.860. The summed E-state index contributed by atoms with van der Waals surface area (Å²) in [5, 5.41) is 3.59. The SMILES string of the molecule is CCNC(c1ccc(C(C)(C)C)s1)c1ccccc1OC. The van der Waals surface area contributed by atoms with Crippen molar-refractivity contribution < 1.29 is 4.74 Å². The highest BCUT2D eigenvalue weighted by Crippen LogP contribution is 2.37. The van der Waals surface area contributed by atoms with Crippen molar-refractivity contribution in [2.45, 2.75) is 39.2 Å². The normalized spacial score (nSPS) is 13.2. The van der Waals surface area contributed by atoms with Crippen LogP contribution in [0.25, 0.3) is 0 Å². The van der Waals surface area contributed by atoms with Crippen LogP contribution in [0.4, 0.5) is 0 Å². The Bertz CT molecular complexity index is 583. The molecule has 0 saturated carbocycles. The third-order valence-corrected chi connectivity index (χ3v) is 5.08. The number of hydrogen-bond donors (Lipinski definition) is 1. The molecule has 2 rings (SSSR count). The van der Waals surface area contributed by atoms with E-state index in [1.807, 2.05) is 23.5 Å². The summed E-state index contributed by atoms with van der Waals surface area (Å²) in [7, 11) is 1.73. The number of hydrogen-bond acceptors (Lipinski definition) is 3. The van der Waals surface area contributed by atoms with Gasteiger partial charge in [0, 0.05) is 15.3 Å². The lowest BCUT2D eigenvalue weighted by Gasteiger charge is -2.20. The fourth-order valence-corrected chi connectivity index (χ4v) is 3.54. The molecule has 0 fully saturated rings. The molecule has 1 unspecified atom stereocenters. The predicted octanol–water partition coefficient (Wildman–Crippen LogP) is 4.75. The van der Waals surface area contributed by atoms with Gasteiger partial charge in [0.25, 0.3) is 0 Å². The Kier molecular flexibility index (Phi) is 5.07. The molecule has 0 saturated heterocycles. The van der Waals surface area contributed by atoms with Crippen LogP contribution >= 0.6 is 11.3 Å². The molecule has 0 amide bonds. The molecular formula is C18H25NOS. The lowest BCUT2D eigenvalue weighted by atomic mass is 9.95. The van der Waals surface area contributed by atoms with Crippen molar-refractivity contribution in [3.8, 4) is 5.75 Å². The van der Waals surface area contributed by atoms with E-state index in [1.165, 1.54) is 15.3 Å². The lowest BCUT2D eigenvalue weighted by Crippen LogP contribution is -2.21. The molecule has 2 aromatic rings. The molecule has 1 aromatic carbocycles. The van der Waals surface area contributed by atoms with Crippen LogP contribution in [0, 0.1) is 0 Å². The highest BCUT2D eigenvalue weighted by atomic mass is 32.1. The largest absolute Gasteiger partial charge is 0.496 e. The van der Waals surface area contributed by atoms with E-state index < -0.39 is 0 Å². The van der Waals surface area contributed by atoms with Crippen LogP contribution in [-0.2, 0) is 5.41 Å². The van der Waals surface area contributed by atoms with Crippen molar-refractivity contribution in [1.29, 1.82) is 0 Å². The van der Waals surface area contributed by atoms with Gasteiger partial charge in [0.2, 0.25) is 0 Å². The highest BCUT2D eigenvalue weighted by molar-refractivity contribution is 7.12. The van der Waals surface area contributed by atoms with Crippen LogP contribution in [0.2, 0.25) is 0 Å². The van der Waals surface area contributed by atoms with E-state index in [-0.39, 0.29) is 11.5 Å². The van der Waals surface area contributed by atoms with Crippen molar-refractivity contribution in [1.82, 2.24) is 5.32 Å². The molecular weight excluding hydrogens is 278 g/mol. The van der Waals surface area contributed by atoms with Crippen LogP contribution in [0.3, 0.4) is 0 Å². The topological polar surface area (TPSA) is 21.3 Å². The molecule has 114 valence electrons. The van der Waals surface area contributed by atoms with Crippen molar-refractivity contribution in [3.05, 3.63) is 51.7 Å². The minimum absolute atomic E-state index is 0.187. The average molecular weight is 303 g/mol. The van der Waals surface area contributed by atoms with Crippen LogP contribution in [0.5, 0.6) is 5.75 Å². The predicted molar refractivity (Wildman–Crippen MR) is 91.5 cm³/mol. The van der Waals surface area contributed by atoms with Gasteiger partial charge >= 0.3 is 0 Å². The molecule has 2 nitrogen and oxygen atoms in total. The molecule has 21 heavy (non-hydrogen) atoms. The summed E-state index contributed by atoms with van der Waals surface area (Å²) >= 11 is 1.88. The second-order valence-corrected chi connectivity index (χ2v) is 7.30. The second kappa shape index (κ2) is 6.63. The summed E-state index contributed by atoms with van der Waals surface area (Å²) in [5.74, 6) is 0.939. The first kappa shape index (κ1) is 16.1. The van der Waals surface area contributed by atoms with Crippen molar-refractivity contribution in [2.24, 2.45) is 0 Å². The maximum absolute atomic E-state index is 5.53. The Balaban J connectivity index is 2.41. The number of thiophene rings is 1. The molecule has 3 heteroatoms. The zero-order chi connectivity index (χ0) is 15.5. The number of rotatable bonds is 5. The van der Waals surface area contributed by atoms with Gasteiger partial charge in [-0.1, -0.05) is 45.9 Å². The molecule has 0 aliphatic rings. The van der Waals surface area contributed by atoms with E-state index in [0.717, 1.165) is 12.3 Å². The monoisotopic (exact) mass is 303 g/mol. The number of nitrogens with one attached hydrogen (secondary N) is 1.